The quantitative estimate of drug-likeness (QED) is 0.938. The number of anilines is 1. The third kappa shape index (κ3) is 2.95. The van der Waals surface area contributed by atoms with Gasteiger partial charge in [-0.15, -0.1) is 0 Å². The van der Waals surface area contributed by atoms with Crippen molar-refractivity contribution in [3.8, 4) is 5.75 Å². The van der Waals surface area contributed by atoms with Crippen LogP contribution in [0.4, 0.5) is 5.82 Å². The highest BCUT2D eigenvalue weighted by Crippen LogP contribution is 2.28. The Morgan fingerprint density at radius 2 is 2.00 bits per heavy atom. The largest absolute Gasteiger partial charge is 0.497 e. The van der Waals surface area contributed by atoms with Gasteiger partial charge in [0.15, 0.2) is 0 Å². The summed E-state index contributed by atoms with van der Waals surface area (Å²) >= 11 is 0. The number of nitrogens with zero attached hydrogens (tertiary/aromatic N) is 2. The number of aromatic nitrogens is 1. The third-order valence-corrected chi connectivity index (χ3v) is 4.15. The van der Waals surface area contributed by atoms with Crippen LogP contribution in [0.2, 0.25) is 0 Å². The average Bonchev–Trinajstić information content (AvgIpc) is 2.55. The van der Waals surface area contributed by atoms with Crippen LogP contribution in [0.15, 0.2) is 24.3 Å². The Labute approximate surface area is 125 Å². The summed E-state index contributed by atoms with van der Waals surface area (Å²) in [5, 5.41) is 1.12. The van der Waals surface area contributed by atoms with Crippen LogP contribution in [-0.2, 0) is 6.42 Å². The van der Waals surface area contributed by atoms with Crippen molar-refractivity contribution < 1.29 is 4.74 Å². The smallest absolute Gasteiger partial charge is 0.132 e. The maximum atomic E-state index is 5.79. The standard InChI is InChI=1S/C17H23N3O/c1-21-15-5-6-16-14(12-15)11-13(7-8-18)17(19-16)20-9-3-2-4-10-20/h5-6,11-12H,2-4,7-10,18H2,1H3. The van der Waals surface area contributed by atoms with Crippen molar-refractivity contribution in [2.45, 2.75) is 25.7 Å². The third-order valence-electron chi connectivity index (χ3n) is 4.15. The summed E-state index contributed by atoms with van der Waals surface area (Å²) in [4.78, 5) is 7.32. The number of hydrogen-bond donors (Lipinski definition) is 1. The van der Waals surface area contributed by atoms with Crippen LogP contribution in [0.3, 0.4) is 0 Å². The number of benzene rings is 1. The lowest BCUT2D eigenvalue weighted by molar-refractivity contribution is 0.415. The van der Waals surface area contributed by atoms with Gasteiger partial charge in [-0.25, -0.2) is 4.98 Å². The molecule has 1 saturated heterocycles. The topological polar surface area (TPSA) is 51.4 Å². The van der Waals surface area contributed by atoms with Gasteiger partial charge < -0.3 is 15.4 Å². The van der Waals surface area contributed by atoms with Crippen molar-refractivity contribution in [2.24, 2.45) is 5.73 Å². The molecule has 1 aliphatic heterocycles. The van der Waals surface area contributed by atoms with Gasteiger partial charge in [-0.2, -0.15) is 0 Å². The first-order valence-corrected chi connectivity index (χ1v) is 7.74. The number of ether oxygens (including phenoxy) is 1. The van der Waals surface area contributed by atoms with Gasteiger partial charge in [0, 0.05) is 18.5 Å². The zero-order valence-corrected chi connectivity index (χ0v) is 12.6. The Bertz CT molecular complexity index is 621. The first-order valence-electron chi connectivity index (χ1n) is 7.74. The summed E-state index contributed by atoms with van der Waals surface area (Å²) in [5.41, 5.74) is 8.06. The van der Waals surface area contributed by atoms with Crippen molar-refractivity contribution >= 4 is 16.7 Å². The Hall–Kier alpha value is -1.81. The minimum Gasteiger partial charge on any atom is -0.497 e. The molecule has 3 rings (SSSR count). The van der Waals surface area contributed by atoms with Gasteiger partial charge in [0.1, 0.15) is 11.6 Å². The number of nitrogens with two attached hydrogens (primary N) is 1. The molecule has 0 saturated carbocycles. The summed E-state index contributed by atoms with van der Waals surface area (Å²) in [7, 11) is 1.69. The molecule has 1 aromatic heterocycles. The molecule has 1 aliphatic rings. The fraction of sp³-hybridized carbons (Fsp3) is 0.471. The summed E-state index contributed by atoms with van der Waals surface area (Å²) in [6.45, 7) is 2.86. The van der Waals surface area contributed by atoms with Crippen LogP contribution < -0.4 is 15.4 Å². The number of piperidine rings is 1. The van der Waals surface area contributed by atoms with Crippen molar-refractivity contribution in [1.29, 1.82) is 0 Å². The molecule has 2 heterocycles. The lowest BCUT2D eigenvalue weighted by atomic mass is 10.1. The summed E-state index contributed by atoms with van der Waals surface area (Å²) in [6, 6.07) is 8.27. The van der Waals surface area contributed by atoms with Gasteiger partial charge in [-0.1, -0.05) is 0 Å². The lowest BCUT2D eigenvalue weighted by Gasteiger charge is -2.29. The SMILES string of the molecule is COc1ccc2nc(N3CCCCC3)c(CCN)cc2c1. The van der Waals surface area contributed by atoms with Crippen LogP contribution in [0.1, 0.15) is 24.8 Å². The van der Waals surface area contributed by atoms with E-state index in [9.17, 15) is 0 Å². The highest BCUT2D eigenvalue weighted by atomic mass is 16.5. The van der Waals surface area contributed by atoms with Crippen LogP contribution in [-0.4, -0.2) is 31.7 Å². The van der Waals surface area contributed by atoms with E-state index in [0.29, 0.717) is 6.54 Å². The van der Waals surface area contributed by atoms with Gasteiger partial charge in [-0.05, 0) is 62.1 Å². The minimum atomic E-state index is 0.651. The summed E-state index contributed by atoms with van der Waals surface area (Å²) in [6.07, 6.45) is 4.70. The molecule has 0 spiro atoms. The van der Waals surface area contributed by atoms with E-state index in [1.54, 1.807) is 7.11 Å². The number of pyridine rings is 1. The molecule has 2 N–H and O–H groups in total. The van der Waals surface area contributed by atoms with E-state index in [1.807, 2.05) is 18.2 Å². The molecule has 4 nitrogen and oxygen atoms in total. The fourth-order valence-corrected chi connectivity index (χ4v) is 3.03. The predicted molar refractivity (Wildman–Crippen MR) is 87.1 cm³/mol. The molecule has 0 unspecified atom stereocenters. The van der Waals surface area contributed by atoms with Crippen molar-refractivity contribution in [3.05, 3.63) is 29.8 Å². The average molecular weight is 285 g/mol. The molecule has 0 atom stereocenters. The van der Waals surface area contributed by atoms with Crippen LogP contribution >= 0.6 is 0 Å². The zero-order valence-electron chi connectivity index (χ0n) is 12.6. The molecule has 1 aromatic carbocycles. The molecule has 0 amide bonds. The number of hydrogen-bond acceptors (Lipinski definition) is 4. The minimum absolute atomic E-state index is 0.651. The van der Waals surface area contributed by atoms with E-state index in [1.165, 1.54) is 24.8 Å². The second kappa shape index (κ2) is 6.31. The van der Waals surface area contributed by atoms with E-state index in [-0.39, 0.29) is 0 Å². The maximum Gasteiger partial charge on any atom is 0.132 e. The molecule has 0 aliphatic carbocycles. The van der Waals surface area contributed by atoms with E-state index in [2.05, 4.69) is 11.0 Å². The zero-order chi connectivity index (χ0) is 14.7. The first kappa shape index (κ1) is 14.1. The van der Waals surface area contributed by atoms with Gasteiger partial charge in [0.25, 0.3) is 0 Å². The number of fused-ring (bicyclic) bond motifs is 1. The monoisotopic (exact) mass is 285 g/mol. The van der Waals surface area contributed by atoms with Gasteiger partial charge in [0.05, 0.1) is 12.6 Å². The predicted octanol–water partition coefficient (Wildman–Crippen LogP) is 2.73. The molecule has 1 fully saturated rings. The number of methoxy groups -OCH3 is 1. The number of rotatable bonds is 4. The molecule has 0 bridgehead atoms. The molecular weight excluding hydrogens is 262 g/mol. The Kier molecular flexibility index (Phi) is 4.25. The molecule has 4 heteroatoms. The highest BCUT2D eigenvalue weighted by molar-refractivity contribution is 5.83. The van der Waals surface area contributed by atoms with E-state index < -0.39 is 0 Å². The summed E-state index contributed by atoms with van der Waals surface area (Å²) < 4.78 is 5.31. The van der Waals surface area contributed by atoms with E-state index in [0.717, 1.165) is 42.0 Å². The summed E-state index contributed by atoms with van der Waals surface area (Å²) in [5.74, 6) is 1.99. The van der Waals surface area contributed by atoms with Crippen LogP contribution in [0, 0.1) is 0 Å². The molecule has 0 radical (unpaired) electrons. The van der Waals surface area contributed by atoms with Crippen LogP contribution in [0.25, 0.3) is 10.9 Å². The first-order chi connectivity index (χ1) is 10.3. The van der Waals surface area contributed by atoms with Crippen molar-refractivity contribution in [2.75, 3.05) is 31.6 Å². The second-order valence-corrected chi connectivity index (χ2v) is 5.62. The lowest BCUT2D eigenvalue weighted by Crippen LogP contribution is -2.31. The fourth-order valence-electron chi connectivity index (χ4n) is 3.03. The maximum absolute atomic E-state index is 5.79. The molecule has 2 aromatic rings. The molecular formula is C17H23N3O. The molecule has 21 heavy (non-hydrogen) atoms. The van der Waals surface area contributed by atoms with Crippen LogP contribution in [0.5, 0.6) is 5.75 Å². The van der Waals surface area contributed by atoms with E-state index >= 15 is 0 Å². The Morgan fingerprint density at radius 3 is 2.71 bits per heavy atom. The highest BCUT2D eigenvalue weighted by Gasteiger charge is 2.16. The van der Waals surface area contributed by atoms with Gasteiger partial charge in [0.2, 0.25) is 0 Å². The second-order valence-electron chi connectivity index (χ2n) is 5.62. The Balaban J connectivity index is 2.06. The molecule has 112 valence electrons. The normalized spacial score (nSPS) is 15.4. The van der Waals surface area contributed by atoms with Gasteiger partial charge in [-0.3, -0.25) is 0 Å². The van der Waals surface area contributed by atoms with E-state index in [4.69, 9.17) is 15.5 Å². The Morgan fingerprint density at radius 1 is 1.19 bits per heavy atom. The van der Waals surface area contributed by atoms with Gasteiger partial charge >= 0.3 is 0 Å². The van der Waals surface area contributed by atoms with Crippen molar-refractivity contribution in [3.63, 3.8) is 0 Å². The van der Waals surface area contributed by atoms with Crippen molar-refractivity contribution in [1.82, 2.24) is 4.98 Å².